The first-order valence-electron chi connectivity index (χ1n) is 6.63. The molecule has 89 valence electrons. The van der Waals surface area contributed by atoms with Gasteiger partial charge in [0.05, 0.1) is 0 Å². The molecule has 1 aromatic rings. The Hall–Kier alpha value is -0.780. The van der Waals surface area contributed by atoms with E-state index in [2.05, 4.69) is 45.0 Å². The van der Waals surface area contributed by atoms with E-state index >= 15 is 0 Å². The van der Waals surface area contributed by atoms with Crippen molar-refractivity contribution >= 4 is 0 Å². The Morgan fingerprint density at radius 1 is 1.00 bits per heavy atom. The highest BCUT2D eigenvalue weighted by atomic mass is 14.0. The third-order valence-electron chi connectivity index (χ3n) is 2.93. The quantitative estimate of drug-likeness (QED) is 0.574. The van der Waals surface area contributed by atoms with Crippen molar-refractivity contribution in [1.29, 1.82) is 0 Å². The molecule has 16 heavy (non-hydrogen) atoms. The summed E-state index contributed by atoms with van der Waals surface area (Å²) in [6.45, 7) is 8.45. The smallest absolute Gasteiger partial charge is 0.0253 e. The lowest BCUT2D eigenvalue weighted by Gasteiger charge is -2.06. The number of rotatable bonds is 7. The van der Waals surface area contributed by atoms with Crippen molar-refractivity contribution in [2.45, 2.75) is 52.4 Å². The summed E-state index contributed by atoms with van der Waals surface area (Å²) in [5, 5.41) is 0. The zero-order valence-electron chi connectivity index (χ0n) is 10.8. The molecule has 0 heterocycles. The van der Waals surface area contributed by atoms with Gasteiger partial charge in [0.25, 0.3) is 0 Å². The topological polar surface area (TPSA) is 0 Å². The van der Waals surface area contributed by atoms with Gasteiger partial charge >= 0.3 is 0 Å². The molecule has 0 spiro atoms. The van der Waals surface area contributed by atoms with Gasteiger partial charge in [-0.15, -0.1) is 0 Å². The summed E-state index contributed by atoms with van der Waals surface area (Å²) >= 11 is 0. The van der Waals surface area contributed by atoms with E-state index in [1.807, 2.05) is 0 Å². The van der Waals surface area contributed by atoms with E-state index in [0.29, 0.717) is 5.92 Å². The van der Waals surface area contributed by atoms with Crippen LogP contribution in [0.4, 0.5) is 0 Å². The van der Waals surface area contributed by atoms with Gasteiger partial charge < -0.3 is 0 Å². The molecule has 0 bridgehead atoms. The molecule has 0 N–H and O–H groups in total. The van der Waals surface area contributed by atoms with Crippen LogP contribution < -0.4 is 0 Å². The van der Waals surface area contributed by atoms with Crippen molar-refractivity contribution < 1.29 is 0 Å². The van der Waals surface area contributed by atoms with Gasteiger partial charge in [-0.3, -0.25) is 0 Å². The Morgan fingerprint density at radius 2 is 1.62 bits per heavy atom. The van der Waals surface area contributed by atoms with Crippen LogP contribution in [0.5, 0.6) is 0 Å². The number of hydrogen-bond donors (Lipinski definition) is 0. The SMILES string of the molecule is [CH2]C(C)Cc1ccc(CCCCCC)cc1. The van der Waals surface area contributed by atoms with Gasteiger partial charge in [0.2, 0.25) is 0 Å². The van der Waals surface area contributed by atoms with Gasteiger partial charge in [-0.1, -0.05) is 64.3 Å². The van der Waals surface area contributed by atoms with Crippen LogP contribution in [0.15, 0.2) is 24.3 Å². The first-order chi connectivity index (χ1) is 7.72. The first kappa shape index (κ1) is 13.3. The summed E-state index contributed by atoms with van der Waals surface area (Å²) < 4.78 is 0. The lowest BCUT2D eigenvalue weighted by molar-refractivity contribution is 0.666. The van der Waals surface area contributed by atoms with Gasteiger partial charge in [-0.2, -0.15) is 0 Å². The molecular weight excluding hydrogens is 192 g/mol. The molecule has 0 aliphatic heterocycles. The lowest BCUT2D eigenvalue weighted by Crippen LogP contribution is -1.94. The van der Waals surface area contributed by atoms with Crippen LogP contribution in [0.3, 0.4) is 0 Å². The molecule has 0 saturated carbocycles. The zero-order valence-corrected chi connectivity index (χ0v) is 10.8. The molecule has 0 nitrogen and oxygen atoms in total. The van der Waals surface area contributed by atoms with Crippen LogP contribution in [-0.2, 0) is 12.8 Å². The van der Waals surface area contributed by atoms with Gasteiger partial charge in [-0.25, -0.2) is 0 Å². The highest BCUT2D eigenvalue weighted by Crippen LogP contribution is 2.12. The zero-order chi connectivity index (χ0) is 11.8. The first-order valence-corrected chi connectivity index (χ1v) is 6.63. The fourth-order valence-corrected chi connectivity index (χ4v) is 2.00. The monoisotopic (exact) mass is 217 g/mol. The highest BCUT2D eigenvalue weighted by molar-refractivity contribution is 5.23. The van der Waals surface area contributed by atoms with Crippen molar-refractivity contribution in [1.82, 2.24) is 0 Å². The van der Waals surface area contributed by atoms with E-state index in [1.54, 1.807) is 0 Å². The van der Waals surface area contributed by atoms with Crippen molar-refractivity contribution in [3.63, 3.8) is 0 Å². The summed E-state index contributed by atoms with van der Waals surface area (Å²) in [7, 11) is 0. The maximum absolute atomic E-state index is 4.03. The Morgan fingerprint density at radius 3 is 2.19 bits per heavy atom. The second-order valence-corrected chi connectivity index (χ2v) is 4.94. The molecule has 1 rings (SSSR count). The third kappa shape index (κ3) is 5.34. The fourth-order valence-electron chi connectivity index (χ4n) is 2.00. The van der Waals surface area contributed by atoms with Crippen molar-refractivity contribution in [2.24, 2.45) is 5.92 Å². The van der Waals surface area contributed by atoms with Gasteiger partial charge in [-0.05, 0) is 36.3 Å². The molecule has 1 radical (unpaired) electrons. The van der Waals surface area contributed by atoms with E-state index in [-0.39, 0.29) is 0 Å². The molecule has 0 amide bonds. The summed E-state index contributed by atoms with van der Waals surface area (Å²) in [5.41, 5.74) is 2.90. The second-order valence-electron chi connectivity index (χ2n) is 4.94. The van der Waals surface area contributed by atoms with E-state index < -0.39 is 0 Å². The predicted molar refractivity (Wildman–Crippen MR) is 72.5 cm³/mol. The molecule has 1 atom stereocenters. The normalized spacial score (nSPS) is 11.0. The average molecular weight is 217 g/mol. The Kier molecular flexibility index (Phi) is 6.22. The standard InChI is InChI=1S/C16H25/c1-4-5-6-7-8-15-9-11-16(12-10-15)13-14(2)3/h9-12,14H,2,4-8,13H2,1,3H3. The van der Waals surface area contributed by atoms with E-state index in [9.17, 15) is 0 Å². The molecule has 0 fully saturated rings. The molecule has 1 unspecified atom stereocenters. The predicted octanol–water partition coefficient (Wildman–Crippen LogP) is 4.82. The average Bonchev–Trinajstić information content (AvgIpc) is 2.26. The molecule has 0 aromatic heterocycles. The van der Waals surface area contributed by atoms with E-state index in [1.165, 1.54) is 43.2 Å². The van der Waals surface area contributed by atoms with Gasteiger partial charge in [0.1, 0.15) is 0 Å². The van der Waals surface area contributed by atoms with Crippen molar-refractivity contribution in [3.05, 3.63) is 42.3 Å². The maximum Gasteiger partial charge on any atom is -0.0253 e. The Labute approximate surface area is 101 Å². The Bertz CT molecular complexity index is 269. The minimum atomic E-state index is 0.510. The summed E-state index contributed by atoms with van der Waals surface area (Å²) in [4.78, 5) is 0. The van der Waals surface area contributed by atoms with Crippen LogP contribution >= 0.6 is 0 Å². The number of aryl methyl sites for hydroxylation is 1. The van der Waals surface area contributed by atoms with Crippen molar-refractivity contribution in [3.8, 4) is 0 Å². The van der Waals surface area contributed by atoms with Crippen LogP contribution in [0.25, 0.3) is 0 Å². The molecule has 0 aliphatic rings. The lowest BCUT2D eigenvalue weighted by atomic mass is 10.00. The summed E-state index contributed by atoms with van der Waals surface area (Å²) in [5.74, 6) is 0.510. The molecule has 1 aromatic carbocycles. The number of benzene rings is 1. The molecule has 0 aliphatic carbocycles. The number of unbranched alkanes of at least 4 members (excludes halogenated alkanes) is 3. The van der Waals surface area contributed by atoms with Crippen LogP contribution in [0.2, 0.25) is 0 Å². The second kappa shape index (κ2) is 7.49. The highest BCUT2D eigenvalue weighted by Gasteiger charge is 1.98. The van der Waals surface area contributed by atoms with E-state index in [4.69, 9.17) is 0 Å². The van der Waals surface area contributed by atoms with Gasteiger partial charge in [0, 0.05) is 0 Å². The third-order valence-corrected chi connectivity index (χ3v) is 2.93. The molecule has 0 saturated heterocycles. The minimum absolute atomic E-state index is 0.510. The molecular formula is C16H25. The van der Waals surface area contributed by atoms with E-state index in [0.717, 1.165) is 6.42 Å². The summed E-state index contributed by atoms with van der Waals surface area (Å²) in [6.07, 6.45) is 7.72. The maximum atomic E-state index is 4.03. The van der Waals surface area contributed by atoms with Crippen LogP contribution in [0, 0.1) is 12.8 Å². The number of hydrogen-bond acceptors (Lipinski definition) is 0. The fraction of sp³-hybridized carbons (Fsp3) is 0.562. The Balaban J connectivity index is 2.33. The molecule has 0 heteroatoms. The minimum Gasteiger partial charge on any atom is -0.0654 e. The van der Waals surface area contributed by atoms with Crippen molar-refractivity contribution in [2.75, 3.05) is 0 Å². The van der Waals surface area contributed by atoms with Crippen LogP contribution in [0.1, 0.15) is 50.7 Å². The van der Waals surface area contributed by atoms with Gasteiger partial charge in [0.15, 0.2) is 0 Å². The summed E-state index contributed by atoms with van der Waals surface area (Å²) in [6, 6.07) is 9.08. The van der Waals surface area contributed by atoms with Crippen LogP contribution in [-0.4, -0.2) is 0 Å². The largest absolute Gasteiger partial charge is 0.0654 e.